The molecule has 0 unspecified atom stereocenters. The van der Waals surface area contributed by atoms with Gasteiger partial charge in [-0.2, -0.15) is 4.98 Å². The number of rotatable bonds is 7. The summed E-state index contributed by atoms with van der Waals surface area (Å²) in [6.45, 7) is 8.33. The Kier molecular flexibility index (Phi) is 5.42. The van der Waals surface area contributed by atoms with Gasteiger partial charge >= 0.3 is 0 Å². The van der Waals surface area contributed by atoms with E-state index >= 15 is 0 Å². The lowest BCUT2D eigenvalue weighted by Gasteiger charge is -2.10. The number of unbranched alkanes of at least 4 members (excludes halogenated alkanes) is 1. The van der Waals surface area contributed by atoms with E-state index in [1.807, 2.05) is 19.9 Å². The maximum absolute atomic E-state index is 5.55. The number of aromatic nitrogens is 2. The third-order valence-electron chi connectivity index (χ3n) is 2.19. The van der Waals surface area contributed by atoms with E-state index in [2.05, 4.69) is 22.0 Å². The zero-order valence-corrected chi connectivity index (χ0v) is 10.4. The van der Waals surface area contributed by atoms with Crippen LogP contribution in [0.2, 0.25) is 0 Å². The van der Waals surface area contributed by atoms with Crippen LogP contribution in [0.3, 0.4) is 0 Å². The fraction of sp³-hybridized carbons (Fsp3) is 0.500. The molecule has 94 valence electrons. The first-order valence-electron chi connectivity index (χ1n) is 5.76. The van der Waals surface area contributed by atoms with Crippen LogP contribution in [0.4, 0.5) is 5.82 Å². The molecule has 0 saturated heterocycles. The Balaban J connectivity index is 2.69. The molecule has 5 nitrogen and oxygen atoms in total. The minimum absolute atomic E-state index is 0.235. The lowest BCUT2D eigenvalue weighted by atomic mass is 10.2. The van der Waals surface area contributed by atoms with Gasteiger partial charge in [0.2, 0.25) is 5.88 Å². The molecule has 1 aromatic rings. The summed E-state index contributed by atoms with van der Waals surface area (Å²) in [6.07, 6.45) is 3.73. The van der Waals surface area contributed by atoms with Crippen LogP contribution >= 0.6 is 0 Å². The Labute approximate surface area is 102 Å². The molecular weight excluding hydrogens is 216 g/mol. The van der Waals surface area contributed by atoms with E-state index in [1.54, 1.807) is 6.07 Å². The molecule has 0 aromatic carbocycles. The van der Waals surface area contributed by atoms with E-state index in [-0.39, 0.29) is 5.92 Å². The maximum atomic E-state index is 5.55. The van der Waals surface area contributed by atoms with E-state index in [0.29, 0.717) is 18.3 Å². The zero-order chi connectivity index (χ0) is 12.7. The van der Waals surface area contributed by atoms with Crippen LogP contribution in [0.1, 0.15) is 38.4 Å². The molecule has 1 heterocycles. The summed E-state index contributed by atoms with van der Waals surface area (Å²) in [5.74, 6) is 7.44. The number of nitrogens with two attached hydrogens (primary N) is 1. The van der Waals surface area contributed by atoms with Crippen molar-refractivity contribution < 1.29 is 4.74 Å². The highest BCUT2D eigenvalue weighted by Gasteiger charge is 2.08. The molecule has 0 amide bonds. The van der Waals surface area contributed by atoms with Gasteiger partial charge in [0.05, 0.1) is 6.61 Å². The normalized spacial score (nSPS) is 10.4. The lowest BCUT2D eigenvalue weighted by molar-refractivity contribution is 0.298. The van der Waals surface area contributed by atoms with Crippen LogP contribution < -0.4 is 16.0 Å². The van der Waals surface area contributed by atoms with Crippen molar-refractivity contribution >= 4 is 5.82 Å². The second kappa shape index (κ2) is 6.85. The first-order valence-corrected chi connectivity index (χ1v) is 5.76. The summed E-state index contributed by atoms with van der Waals surface area (Å²) in [4.78, 5) is 8.58. The minimum atomic E-state index is 0.235. The molecule has 0 fully saturated rings. The highest BCUT2D eigenvalue weighted by Crippen LogP contribution is 2.18. The van der Waals surface area contributed by atoms with Crippen molar-refractivity contribution in [2.75, 3.05) is 12.0 Å². The highest BCUT2D eigenvalue weighted by atomic mass is 16.5. The monoisotopic (exact) mass is 236 g/mol. The summed E-state index contributed by atoms with van der Waals surface area (Å²) in [7, 11) is 0. The van der Waals surface area contributed by atoms with Crippen molar-refractivity contribution in [1.29, 1.82) is 0 Å². The number of allylic oxidation sites excluding steroid dienone is 1. The Morgan fingerprint density at radius 1 is 1.53 bits per heavy atom. The van der Waals surface area contributed by atoms with Crippen molar-refractivity contribution in [2.45, 2.75) is 32.6 Å². The standard InChI is InChI=1S/C12H20N4O/c1-4-5-6-7-17-11-8-10(16-13)14-12(15-11)9(2)3/h4,8-9H,1,5-7,13H2,2-3H3,(H,14,15,16). The topological polar surface area (TPSA) is 73.1 Å². The van der Waals surface area contributed by atoms with E-state index in [4.69, 9.17) is 10.6 Å². The fourth-order valence-electron chi connectivity index (χ4n) is 1.25. The molecular formula is C12H20N4O. The van der Waals surface area contributed by atoms with Crippen LogP contribution in [0.25, 0.3) is 0 Å². The lowest BCUT2D eigenvalue weighted by Crippen LogP contribution is -2.12. The fourth-order valence-corrected chi connectivity index (χ4v) is 1.25. The Bertz CT molecular complexity index is 366. The molecule has 0 aliphatic carbocycles. The largest absolute Gasteiger partial charge is 0.478 e. The van der Waals surface area contributed by atoms with Crippen LogP contribution in [0, 0.1) is 0 Å². The van der Waals surface area contributed by atoms with Crippen LogP contribution in [0.15, 0.2) is 18.7 Å². The smallest absolute Gasteiger partial charge is 0.218 e. The third-order valence-corrected chi connectivity index (χ3v) is 2.19. The summed E-state index contributed by atoms with van der Waals surface area (Å²) in [5, 5.41) is 0. The number of nitrogens with one attached hydrogen (secondary N) is 1. The summed E-state index contributed by atoms with van der Waals surface area (Å²) in [6, 6.07) is 1.69. The molecule has 5 heteroatoms. The van der Waals surface area contributed by atoms with Crippen molar-refractivity contribution in [3.8, 4) is 5.88 Å². The first-order chi connectivity index (χ1) is 8.17. The highest BCUT2D eigenvalue weighted by molar-refractivity contribution is 5.37. The molecule has 0 bridgehead atoms. The molecule has 0 radical (unpaired) electrons. The molecule has 0 atom stereocenters. The van der Waals surface area contributed by atoms with Gasteiger partial charge in [0.1, 0.15) is 11.6 Å². The Morgan fingerprint density at radius 3 is 2.88 bits per heavy atom. The zero-order valence-electron chi connectivity index (χ0n) is 10.4. The van der Waals surface area contributed by atoms with Gasteiger partial charge in [0.25, 0.3) is 0 Å². The molecule has 0 spiro atoms. The quantitative estimate of drug-likeness (QED) is 0.329. The van der Waals surface area contributed by atoms with Gasteiger partial charge in [-0.3, -0.25) is 0 Å². The molecule has 0 saturated carbocycles. The van der Waals surface area contributed by atoms with E-state index in [0.717, 1.165) is 18.7 Å². The Hall–Kier alpha value is -1.62. The number of hydrogen-bond donors (Lipinski definition) is 2. The molecule has 0 aliphatic heterocycles. The number of hydrazine groups is 1. The van der Waals surface area contributed by atoms with Gasteiger partial charge in [-0.25, -0.2) is 10.8 Å². The third kappa shape index (κ3) is 4.40. The first kappa shape index (κ1) is 13.4. The van der Waals surface area contributed by atoms with Crippen LogP contribution in [0.5, 0.6) is 5.88 Å². The van der Waals surface area contributed by atoms with Crippen molar-refractivity contribution in [3.05, 3.63) is 24.5 Å². The maximum Gasteiger partial charge on any atom is 0.218 e. The van der Waals surface area contributed by atoms with E-state index in [9.17, 15) is 0 Å². The van der Waals surface area contributed by atoms with Gasteiger partial charge < -0.3 is 10.2 Å². The number of anilines is 1. The van der Waals surface area contributed by atoms with Gasteiger partial charge in [0.15, 0.2) is 0 Å². The predicted molar refractivity (Wildman–Crippen MR) is 68.9 cm³/mol. The number of nitrogen functional groups attached to an aromatic ring is 1. The van der Waals surface area contributed by atoms with Crippen molar-refractivity contribution in [3.63, 3.8) is 0 Å². The van der Waals surface area contributed by atoms with Crippen molar-refractivity contribution in [2.24, 2.45) is 5.84 Å². The summed E-state index contributed by atoms with van der Waals surface area (Å²) < 4.78 is 5.55. The molecule has 17 heavy (non-hydrogen) atoms. The van der Waals surface area contributed by atoms with E-state index in [1.165, 1.54) is 0 Å². The summed E-state index contributed by atoms with van der Waals surface area (Å²) in [5.41, 5.74) is 2.52. The predicted octanol–water partition coefficient (Wildman–Crippen LogP) is 2.23. The van der Waals surface area contributed by atoms with Crippen molar-refractivity contribution in [1.82, 2.24) is 9.97 Å². The molecule has 3 N–H and O–H groups in total. The van der Waals surface area contributed by atoms with Gasteiger partial charge in [-0.15, -0.1) is 6.58 Å². The van der Waals surface area contributed by atoms with Gasteiger partial charge in [0, 0.05) is 12.0 Å². The van der Waals surface area contributed by atoms with Gasteiger partial charge in [-0.05, 0) is 12.8 Å². The average Bonchev–Trinajstić information content (AvgIpc) is 2.34. The van der Waals surface area contributed by atoms with E-state index < -0.39 is 0 Å². The molecule has 1 rings (SSSR count). The second-order valence-electron chi connectivity index (χ2n) is 4.03. The van der Waals surface area contributed by atoms with Gasteiger partial charge in [-0.1, -0.05) is 19.9 Å². The molecule has 1 aromatic heterocycles. The minimum Gasteiger partial charge on any atom is -0.478 e. The second-order valence-corrected chi connectivity index (χ2v) is 4.03. The SMILES string of the molecule is C=CCCCOc1cc(NN)nc(C(C)C)n1. The Morgan fingerprint density at radius 2 is 2.29 bits per heavy atom. The van der Waals surface area contributed by atoms with Crippen LogP contribution in [-0.4, -0.2) is 16.6 Å². The molecule has 0 aliphatic rings. The summed E-state index contributed by atoms with van der Waals surface area (Å²) >= 11 is 0. The van der Waals surface area contributed by atoms with Crippen LogP contribution in [-0.2, 0) is 0 Å². The number of nitrogens with zero attached hydrogens (tertiary/aromatic N) is 2. The average molecular weight is 236 g/mol. The number of hydrogen-bond acceptors (Lipinski definition) is 5. The number of ether oxygens (including phenoxy) is 1.